The van der Waals surface area contributed by atoms with Crippen LogP contribution < -0.4 is 0 Å². The van der Waals surface area contributed by atoms with Gasteiger partial charge >= 0.3 is 12.1 Å². The predicted octanol–water partition coefficient (Wildman–Crippen LogP) is 7.25. The fraction of sp³-hybridized carbons (Fsp3) is 0.906. The molecule has 0 saturated heterocycles. The monoisotopic (exact) mass is 571 g/mol. The third-order valence-corrected chi connectivity index (χ3v) is 7.07. The van der Waals surface area contributed by atoms with Gasteiger partial charge in [-0.25, -0.2) is 4.79 Å². The van der Waals surface area contributed by atoms with Crippen LogP contribution >= 0.6 is 0 Å². The number of esters is 1. The molecule has 1 unspecified atom stereocenters. The Labute approximate surface area is 246 Å². The molecule has 0 rings (SSSR count). The first kappa shape index (κ1) is 38.6. The number of ether oxygens (including phenoxy) is 4. The third kappa shape index (κ3) is 23.3. The molecule has 0 fully saturated rings. The van der Waals surface area contributed by atoms with Crippen molar-refractivity contribution in [2.24, 2.45) is 5.92 Å². The Balaban J connectivity index is 4.29. The molecule has 0 aliphatic carbocycles. The number of carbonyl (C=O) groups is 2. The zero-order valence-corrected chi connectivity index (χ0v) is 26.8. The number of likely N-dealkylation sites (N-methyl/N-ethyl adjacent to an activating group) is 2. The average molecular weight is 572 g/mol. The Morgan fingerprint density at radius 3 is 1.73 bits per heavy atom. The molecule has 0 bridgehead atoms. The summed E-state index contributed by atoms with van der Waals surface area (Å²) in [4.78, 5) is 28.4. The van der Waals surface area contributed by atoms with E-state index in [4.69, 9.17) is 18.9 Å². The molecule has 1 radical (unpaired) electrons. The first-order chi connectivity index (χ1) is 19.4. The fourth-order valence-electron chi connectivity index (χ4n) is 4.20. The minimum atomic E-state index is -0.389. The van der Waals surface area contributed by atoms with Gasteiger partial charge in [-0.1, -0.05) is 91.9 Å². The van der Waals surface area contributed by atoms with Crippen molar-refractivity contribution in [3.63, 3.8) is 0 Å². The molecule has 0 aliphatic rings. The second kappa shape index (κ2) is 27.8. The van der Waals surface area contributed by atoms with Crippen molar-refractivity contribution in [3.8, 4) is 0 Å². The van der Waals surface area contributed by atoms with E-state index in [9.17, 15) is 9.59 Å². The lowest BCUT2D eigenvalue weighted by Gasteiger charge is -2.23. The second-order valence-electron chi connectivity index (χ2n) is 10.8. The summed E-state index contributed by atoms with van der Waals surface area (Å²) < 4.78 is 22.7. The molecule has 0 N–H and O–H groups in total. The van der Waals surface area contributed by atoms with Crippen molar-refractivity contribution in [3.05, 3.63) is 6.92 Å². The summed E-state index contributed by atoms with van der Waals surface area (Å²) in [6.07, 6.45) is 14.4. The van der Waals surface area contributed by atoms with Crippen molar-refractivity contribution in [1.82, 2.24) is 9.80 Å². The highest BCUT2D eigenvalue weighted by Gasteiger charge is 2.16. The van der Waals surface area contributed by atoms with Crippen LogP contribution in [0, 0.1) is 12.8 Å². The van der Waals surface area contributed by atoms with E-state index >= 15 is 0 Å². The van der Waals surface area contributed by atoms with E-state index in [1.807, 2.05) is 0 Å². The molecule has 8 nitrogen and oxygen atoms in total. The third-order valence-electron chi connectivity index (χ3n) is 7.07. The van der Waals surface area contributed by atoms with Gasteiger partial charge in [0.25, 0.3) is 0 Å². The van der Waals surface area contributed by atoms with Crippen LogP contribution in [-0.4, -0.2) is 87.8 Å². The SMILES string of the molecule is [CH2]C(COC(=O)CCC(OCCCCCCCC)OCCCCCCCC)COC(=O)N(C)CCN(CC)CC. The molecule has 0 aliphatic heterocycles. The van der Waals surface area contributed by atoms with Crippen molar-refractivity contribution in [1.29, 1.82) is 0 Å². The topological polar surface area (TPSA) is 77.5 Å². The van der Waals surface area contributed by atoms with Gasteiger partial charge < -0.3 is 28.7 Å². The summed E-state index contributed by atoms with van der Waals surface area (Å²) in [5.74, 6) is -0.638. The van der Waals surface area contributed by atoms with Crippen molar-refractivity contribution in [2.45, 2.75) is 124 Å². The van der Waals surface area contributed by atoms with Gasteiger partial charge in [-0.05, 0) is 32.9 Å². The smallest absolute Gasteiger partial charge is 0.409 e. The summed E-state index contributed by atoms with van der Waals surface area (Å²) in [6.45, 7) is 17.4. The molecular weight excluding hydrogens is 508 g/mol. The standard InChI is InChI=1S/C32H63N2O6/c1-7-11-13-15-17-19-25-37-31(38-26-20-18-16-14-12-8-2)22-21-30(35)39-27-29(5)28-40-32(36)33(6)23-24-34(9-3)10-4/h29,31H,5,7-28H2,1-4,6H3. The first-order valence-electron chi connectivity index (χ1n) is 16.2. The quantitative estimate of drug-likeness (QED) is 0.0556. The van der Waals surface area contributed by atoms with Crippen LogP contribution in [0.4, 0.5) is 4.79 Å². The minimum absolute atomic E-state index is 0.104. The molecule has 0 heterocycles. The highest BCUT2D eigenvalue weighted by atomic mass is 16.7. The number of amides is 1. The van der Waals surface area contributed by atoms with E-state index in [0.717, 1.165) is 45.3 Å². The zero-order valence-electron chi connectivity index (χ0n) is 26.8. The molecule has 0 aromatic carbocycles. The van der Waals surface area contributed by atoms with E-state index in [1.165, 1.54) is 51.4 Å². The largest absolute Gasteiger partial charge is 0.465 e. The van der Waals surface area contributed by atoms with Gasteiger partial charge in [-0.3, -0.25) is 4.79 Å². The highest BCUT2D eigenvalue weighted by Crippen LogP contribution is 2.12. The summed E-state index contributed by atoms with van der Waals surface area (Å²) in [7, 11) is 1.73. The predicted molar refractivity (Wildman–Crippen MR) is 163 cm³/mol. The van der Waals surface area contributed by atoms with Crippen molar-refractivity contribution >= 4 is 12.1 Å². The molecule has 0 aromatic rings. The summed E-state index contributed by atoms with van der Waals surface area (Å²) >= 11 is 0. The summed E-state index contributed by atoms with van der Waals surface area (Å²) in [5, 5.41) is 0. The fourth-order valence-corrected chi connectivity index (χ4v) is 4.20. The number of hydrogen-bond donors (Lipinski definition) is 0. The average Bonchev–Trinajstić information content (AvgIpc) is 2.96. The van der Waals surface area contributed by atoms with Gasteiger partial charge in [-0.15, -0.1) is 0 Å². The van der Waals surface area contributed by atoms with Crippen LogP contribution in [0.1, 0.15) is 118 Å². The maximum Gasteiger partial charge on any atom is 0.409 e. The zero-order chi connectivity index (χ0) is 29.8. The van der Waals surface area contributed by atoms with Crippen LogP contribution in [0.15, 0.2) is 0 Å². The van der Waals surface area contributed by atoms with Crippen LogP contribution in [0.3, 0.4) is 0 Å². The number of carbonyl (C=O) groups excluding carboxylic acids is 2. The van der Waals surface area contributed by atoms with Crippen molar-refractivity contribution in [2.75, 3.05) is 59.7 Å². The number of hydrogen-bond acceptors (Lipinski definition) is 7. The number of nitrogens with zero attached hydrogens (tertiary/aromatic N) is 2. The highest BCUT2D eigenvalue weighted by molar-refractivity contribution is 5.69. The Hall–Kier alpha value is -1.38. The Morgan fingerprint density at radius 2 is 1.20 bits per heavy atom. The van der Waals surface area contributed by atoms with Gasteiger partial charge in [0.1, 0.15) is 0 Å². The molecule has 0 saturated carbocycles. The van der Waals surface area contributed by atoms with E-state index in [2.05, 4.69) is 39.5 Å². The molecule has 237 valence electrons. The first-order valence-corrected chi connectivity index (χ1v) is 16.2. The van der Waals surface area contributed by atoms with Gasteiger partial charge in [0, 0.05) is 45.7 Å². The minimum Gasteiger partial charge on any atom is -0.465 e. The molecular formula is C32H63N2O6. The Morgan fingerprint density at radius 1 is 0.700 bits per heavy atom. The lowest BCUT2D eigenvalue weighted by atomic mass is 10.1. The van der Waals surface area contributed by atoms with E-state index in [1.54, 1.807) is 11.9 Å². The van der Waals surface area contributed by atoms with Gasteiger partial charge in [0.05, 0.1) is 19.6 Å². The Bertz CT molecular complexity index is 570. The number of unbranched alkanes of at least 4 members (excludes halogenated alkanes) is 10. The van der Waals surface area contributed by atoms with Gasteiger partial charge in [0.2, 0.25) is 0 Å². The number of rotatable bonds is 28. The van der Waals surface area contributed by atoms with Crippen molar-refractivity contribution < 1.29 is 28.5 Å². The molecule has 40 heavy (non-hydrogen) atoms. The lowest BCUT2D eigenvalue weighted by Crippen LogP contribution is -2.37. The summed E-state index contributed by atoms with van der Waals surface area (Å²) in [5.41, 5.74) is 0. The van der Waals surface area contributed by atoms with Crippen LogP contribution in [0.25, 0.3) is 0 Å². The second-order valence-corrected chi connectivity index (χ2v) is 10.8. The van der Waals surface area contributed by atoms with Crippen LogP contribution in [-0.2, 0) is 23.7 Å². The van der Waals surface area contributed by atoms with Gasteiger partial charge in [-0.2, -0.15) is 0 Å². The van der Waals surface area contributed by atoms with E-state index in [0.29, 0.717) is 26.2 Å². The van der Waals surface area contributed by atoms with Crippen LogP contribution in [0.2, 0.25) is 0 Å². The maximum absolute atomic E-state index is 12.4. The normalized spacial score (nSPS) is 12.2. The molecule has 0 aromatic heterocycles. The van der Waals surface area contributed by atoms with E-state index in [-0.39, 0.29) is 43.9 Å². The van der Waals surface area contributed by atoms with Crippen LogP contribution in [0.5, 0.6) is 0 Å². The van der Waals surface area contributed by atoms with E-state index < -0.39 is 0 Å². The molecule has 1 atom stereocenters. The summed E-state index contributed by atoms with van der Waals surface area (Å²) in [6, 6.07) is 0. The molecule has 8 heteroatoms. The van der Waals surface area contributed by atoms with Gasteiger partial charge in [0.15, 0.2) is 6.29 Å². The lowest BCUT2D eigenvalue weighted by molar-refractivity contribution is -0.160. The Kier molecular flexibility index (Phi) is 26.8. The molecule has 1 amide bonds. The maximum atomic E-state index is 12.4. The molecule has 0 spiro atoms.